The molecule has 4 rings (SSSR count). The zero-order valence-corrected chi connectivity index (χ0v) is 19.3. The first kappa shape index (κ1) is 23.3. The van der Waals surface area contributed by atoms with Gasteiger partial charge in [0.15, 0.2) is 11.5 Å². The number of aromatic nitrogens is 1. The van der Waals surface area contributed by atoms with Crippen LogP contribution in [0.4, 0.5) is 5.69 Å². The van der Waals surface area contributed by atoms with Crippen LogP contribution in [-0.4, -0.2) is 41.6 Å². The van der Waals surface area contributed by atoms with Crippen molar-refractivity contribution in [2.75, 3.05) is 25.2 Å². The quantitative estimate of drug-likeness (QED) is 0.531. The largest absolute Gasteiger partial charge is 0.454 e. The maximum absolute atomic E-state index is 13.6. The molecular formula is C26H28N4O4. The monoisotopic (exact) mass is 460 g/mol. The topological polar surface area (TPSA) is 107 Å². The fraction of sp³-hybridized carbons (Fsp3) is 0.269. The number of anilines is 1. The van der Waals surface area contributed by atoms with Crippen LogP contribution in [0.1, 0.15) is 40.1 Å². The first-order valence-corrected chi connectivity index (χ1v) is 11.0. The van der Waals surface area contributed by atoms with E-state index in [0.29, 0.717) is 47.9 Å². The predicted molar refractivity (Wildman–Crippen MR) is 129 cm³/mol. The highest BCUT2D eigenvalue weighted by Crippen LogP contribution is 2.33. The molecule has 2 heterocycles. The van der Waals surface area contributed by atoms with E-state index in [-0.39, 0.29) is 24.0 Å². The Bertz CT molecular complexity index is 1180. The summed E-state index contributed by atoms with van der Waals surface area (Å²) in [6, 6.07) is 15.9. The molecule has 3 aromatic rings. The van der Waals surface area contributed by atoms with Crippen LogP contribution < -0.4 is 20.5 Å². The summed E-state index contributed by atoms with van der Waals surface area (Å²) in [6.07, 6.45) is 3.14. The van der Waals surface area contributed by atoms with Crippen molar-refractivity contribution in [2.45, 2.75) is 20.4 Å². The van der Waals surface area contributed by atoms with Gasteiger partial charge >= 0.3 is 0 Å². The van der Waals surface area contributed by atoms with Gasteiger partial charge in [0.1, 0.15) is 0 Å². The molecule has 176 valence electrons. The third kappa shape index (κ3) is 5.35. The second-order valence-corrected chi connectivity index (χ2v) is 8.94. The summed E-state index contributed by atoms with van der Waals surface area (Å²) in [7, 11) is 0. The van der Waals surface area contributed by atoms with Crippen molar-refractivity contribution >= 4 is 17.5 Å². The number of carbonyl (C=O) groups excluding carboxylic acids is 2. The third-order valence-electron chi connectivity index (χ3n) is 5.65. The lowest BCUT2D eigenvalue weighted by Gasteiger charge is -2.32. The van der Waals surface area contributed by atoms with E-state index < -0.39 is 0 Å². The summed E-state index contributed by atoms with van der Waals surface area (Å²) in [5, 5.41) is 2.96. The van der Waals surface area contributed by atoms with Crippen molar-refractivity contribution in [1.29, 1.82) is 0 Å². The van der Waals surface area contributed by atoms with Crippen LogP contribution in [0, 0.1) is 5.41 Å². The summed E-state index contributed by atoms with van der Waals surface area (Å²) in [5.74, 6) is 0.768. The van der Waals surface area contributed by atoms with E-state index in [9.17, 15) is 9.59 Å². The molecule has 0 aliphatic carbocycles. The number of nitrogens with zero attached hydrogens (tertiary/aromatic N) is 2. The molecule has 0 spiro atoms. The lowest BCUT2D eigenvalue weighted by molar-refractivity contribution is 0.0673. The van der Waals surface area contributed by atoms with Gasteiger partial charge in [-0.05, 0) is 53.9 Å². The van der Waals surface area contributed by atoms with Crippen molar-refractivity contribution < 1.29 is 19.1 Å². The Morgan fingerprint density at radius 1 is 1.03 bits per heavy atom. The van der Waals surface area contributed by atoms with Crippen LogP contribution in [0.2, 0.25) is 0 Å². The maximum atomic E-state index is 13.6. The second kappa shape index (κ2) is 9.93. The van der Waals surface area contributed by atoms with E-state index in [1.54, 1.807) is 47.6 Å². The SMILES string of the molecule is CC(C)(CN)CN(Cc1ccccc1NC(=O)c1ccncc1)C(=O)c1ccc2c(c1)OCO2. The molecule has 1 aromatic heterocycles. The number of rotatable bonds is 8. The van der Waals surface area contributed by atoms with Gasteiger partial charge in [-0.1, -0.05) is 32.0 Å². The summed E-state index contributed by atoms with van der Waals surface area (Å²) in [4.78, 5) is 32.0. The Labute approximate surface area is 198 Å². The smallest absolute Gasteiger partial charge is 0.255 e. The molecule has 0 atom stereocenters. The van der Waals surface area contributed by atoms with Crippen LogP contribution in [0.25, 0.3) is 0 Å². The predicted octanol–water partition coefficient (Wildman–Crippen LogP) is 3.69. The number of para-hydroxylation sites is 1. The molecule has 1 aliphatic heterocycles. The van der Waals surface area contributed by atoms with Gasteiger partial charge in [-0.3, -0.25) is 14.6 Å². The van der Waals surface area contributed by atoms with Crippen LogP contribution >= 0.6 is 0 Å². The van der Waals surface area contributed by atoms with E-state index in [1.807, 2.05) is 38.1 Å². The number of nitrogens with two attached hydrogens (primary N) is 1. The fourth-order valence-corrected chi connectivity index (χ4v) is 3.68. The van der Waals surface area contributed by atoms with E-state index in [1.165, 1.54) is 0 Å². The average Bonchev–Trinajstić information content (AvgIpc) is 3.33. The van der Waals surface area contributed by atoms with Crippen LogP contribution in [0.5, 0.6) is 11.5 Å². The van der Waals surface area contributed by atoms with Gasteiger partial charge in [0.05, 0.1) is 0 Å². The summed E-state index contributed by atoms with van der Waals surface area (Å²) < 4.78 is 10.8. The molecule has 34 heavy (non-hydrogen) atoms. The minimum absolute atomic E-state index is 0.140. The van der Waals surface area contributed by atoms with Crippen molar-refractivity contribution in [3.8, 4) is 11.5 Å². The Kier molecular flexibility index (Phi) is 6.79. The van der Waals surface area contributed by atoms with Gasteiger partial charge in [-0.2, -0.15) is 0 Å². The first-order chi connectivity index (χ1) is 16.4. The minimum atomic E-state index is -0.304. The minimum Gasteiger partial charge on any atom is -0.454 e. The molecular weight excluding hydrogens is 432 g/mol. The highest BCUT2D eigenvalue weighted by Gasteiger charge is 2.27. The Morgan fingerprint density at radius 3 is 2.53 bits per heavy atom. The molecule has 2 amide bonds. The fourth-order valence-electron chi connectivity index (χ4n) is 3.68. The molecule has 0 bridgehead atoms. The third-order valence-corrected chi connectivity index (χ3v) is 5.65. The lowest BCUT2D eigenvalue weighted by Crippen LogP contribution is -2.41. The highest BCUT2D eigenvalue weighted by molar-refractivity contribution is 6.04. The summed E-state index contributed by atoms with van der Waals surface area (Å²) in [5.41, 5.74) is 8.13. The lowest BCUT2D eigenvalue weighted by atomic mass is 9.92. The number of pyridine rings is 1. The Morgan fingerprint density at radius 2 is 1.76 bits per heavy atom. The van der Waals surface area contributed by atoms with Crippen molar-refractivity contribution in [3.63, 3.8) is 0 Å². The van der Waals surface area contributed by atoms with Crippen LogP contribution in [0.15, 0.2) is 67.0 Å². The second-order valence-electron chi connectivity index (χ2n) is 8.94. The molecule has 0 fully saturated rings. The first-order valence-electron chi connectivity index (χ1n) is 11.0. The van der Waals surface area contributed by atoms with Gasteiger partial charge in [0.2, 0.25) is 6.79 Å². The molecule has 0 saturated heterocycles. The number of carbonyl (C=O) groups is 2. The average molecular weight is 461 g/mol. The number of hydrogen-bond acceptors (Lipinski definition) is 6. The molecule has 1 aliphatic rings. The van der Waals surface area contributed by atoms with E-state index >= 15 is 0 Å². The molecule has 8 heteroatoms. The van der Waals surface area contributed by atoms with E-state index in [0.717, 1.165) is 5.56 Å². The molecule has 0 saturated carbocycles. The molecule has 0 radical (unpaired) electrons. The zero-order valence-electron chi connectivity index (χ0n) is 19.3. The number of nitrogens with one attached hydrogen (secondary N) is 1. The molecule has 0 unspecified atom stereocenters. The summed E-state index contributed by atoms with van der Waals surface area (Å²) in [6.45, 7) is 5.32. The standard InChI is InChI=1S/C26H28N4O4/c1-26(2,15-27)16-30(25(32)19-7-8-22-23(13-19)34-17-33-22)14-20-5-3-4-6-21(20)29-24(31)18-9-11-28-12-10-18/h3-13H,14-17,27H2,1-2H3,(H,29,31). The number of fused-ring (bicyclic) bond motifs is 1. The number of benzene rings is 2. The van der Waals surface area contributed by atoms with Crippen LogP contribution in [-0.2, 0) is 6.54 Å². The van der Waals surface area contributed by atoms with Crippen molar-refractivity contribution in [2.24, 2.45) is 11.1 Å². The molecule has 3 N–H and O–H groups in total. The van der Waals surface area contributed by atoms with Crippen LogP contribution in [0.3, 0.4) is 0 Å². The highest BCUT2D eigenvalue weighted by atomic mass is 16.7. The van der Waals surface area contributed by atoms with Gasteiger partial charge < -0.3 is 25.4 Å². The van der Waals surface area contributed by atoms with E-state index in [2.05, 4.69) is 10.3 Å². The van der Waals surface area contributed by atoms with E-state index in [4.69, 9.17) is 15.2 Å². The summed E-state index contributed by atoms with van der Waals surface area (Å²) >= 11 is 0. The van der Waals surface area contributed by atoms with Crippen molar-refractivity contribution in [1.82, 2.24) is 9.88 Å². The Hall–Kier alpha value is -3.91. The van der Waals surface area contributed by atoms with Gasteiger partial charge in [0, 0.05) is 42.3 Å². The molecule has 8 nitrogen and oxygen atoms in total. The van der Waals surface area contributed by atoms with Gasteiger partial charge in [-0.15, -0.1) is 0 Å². The van der Waals surface area contributed by atoms with Gasteiger partial charge in [-0.25, -0.2) is 0 Å². The number of ether oxygens (including phenoxy) is 2. The zero-order chi connectivity index (χ0) is 24.1. The molecule has 2 aromatic carbocycles. The Balaban J connectivity index is 1.61. The van der Waals surface area contributed by atoms with Crippen molar-refractivity contribution in [3.05, 3.63) is 83.7 Å². The number of amides is 2. The maximum Gasteiger partial charge on any atom is 0.255 e. The number of hydrogen-bond donors (Lipinski definition) is 2. The normalized spacial score (nSPS) is 12.3. The van der Waals surface area contributed by atoms with Gasteiger partial charge in [0.25, 0.3) is 11.8 Å².